The van der Waals surface area contributed by atoms with E-state index in [1.54, 1.807) is 7.11 Å². The molecule has 134 valence electrons. The molecule has 1 aliphatic heterocycles. The lowest BCUT2D eigenvalue weighted by Crippen LogP contribution is -2.51. The first-order valence-electron chi connectivity index (χ1n) is 8.55. The molecule has 1 heterocycles. The van der Waals surface area contributed by atoms with Crippen LogP contribution in [0, 0.1) is 0 Å². The van der Waals surface area contributed by atoms with Gasteiger partial charge in [0.25, 0.3) is 0 Å². The molecule has 0 bridgehead atoms. The smallest absolute Gasteiger partial charge is 0.315 e. The molecular weight excluding hydrogens is 304 g/mol. The van der Waals surface area contributed by atoms with Crippen LogP contribution in [0.25, 0.3) is 0 Å². The predicted octanol–water partition coefficient (Wildman–Crippen LogP) is 1.91. The maximum atomic E-state index is 11.7. The molecule has 1 aromatic rings. The van der Waals surface area contributed by atoms with E-state index in [1.807, 2.05) is 39.0 Å². The van der Waals surface area contributed by atoms with Gasteiger partial charge in [-0.05, 0) is 32.9 Å². The second-order valence-corrected chi connectivity index (χ2v) is 7.13. The highest BCUT2D eigenvalue weighted by Crippen LogP contribution is 2.28. The topological polar surface area (TPSA) is 56.8 Å². The molecule has 0 unspecified atom stereocenters. The molecule has 1 aliphatic rings. The van der Waals surface area contributed by atoms with Crippen molar-refractivity contribution in [1.82, 2.24) is 15.5 Å². The number of methoxy groups -OCH3 is 1. The average Bonchev–Trinajstić information content (AvgIpc) is 2.54. The summed E-state index contributed by atoms with van der Waals surface area (Å²) in [5.41, 5.74) is 0.951. The van der Waals surface area contributed by atoms with Gasteiger partial charge in [-0.3, -0.25) is 4.90 Å². The van der Waals surface area contributed by atoms with Crippen molar-refractivity contribution in [1.29, 1.82) is 0 Å². The SMILES string of the molecule is COc1ccccc1N1CCN(CCNC(=O)NC(C)(C)C)CC1. The lowest BCUT2D eigenvalue weighted by molar-refractivity contribution is 0.224. The second-order valence-electron chi connectivity index (χ2n) is 7.13. The summed E-state index contributed by atoms with van der Waals surface area (Å²) in [7, 11) is 1.71. The molecule has 1 fully saturated rings. The first kappa shape index (κ1) is 18.4. The van der Waals surface area contributed by atoms with E-state index >= 15 is 0 Å². The molecule has 2 rings (SSSR count). The van der Waals surface area contributed by atoms with Gasteiger partial charge in [0.1, 0.15) is 5.75 Å². The van der Waals surface area contributed by atoms with Crippen molar-refractivity contribution in [2.24, 2.45) is 0 Å². The lowest BCUT2D eigenvalue weighted by Gasteiger charge is -2.36. The van der Waals surface area contributed by atoms with Crippen LogP contribution in [-0.4, -0.2) is 62.8 Å². The Morgan fingerprint density at radius 3 is 2.46 bits per heavy atom. The van der Waals surface area contributed by atoms with Crippen LogP contribution in [0.5, 0.6) is 5.75 Å². The minimum absolute atomic E-state index is 0.102. The van der Waals surface area contributed by atoms with E-state index in [2.05, 4.69) is 26.5 Å². The first-order chi connectivity index (χ1) is 11.4. The summed E-state index contributed by atoms with van der Waals surface area (Å²) in [6, 6.07) is 8.04. The standard InChI is InChI=1S/C18H30N4O2/c1-18(2,3)20-17(23)19-9-10-21-11-13-22(14-12-21)15-7-5-6-8-16(15)24-4/h5-8H,9-14H2,1-4H3,(H2,19,20,23). The molecule has 0 radical (unpaired) electrons. The van der Waals surface area contributed by atoms with Crippen molar-refractivity contribution in [2.45, 2.75) is 26.3 Å². The molecular formula is C18H30N4O2. The van der Waals surface area contributed by atoms with Gasteiger partial charge in [-0.15, -0.1) is 0 Å². The minimum atomic E-state index is -0.204. The van der Waals surface area contributed by atoms with Crippen LogP contribution in [0.15, 0.2) is 24.3 Å². The summed E-state index contributed by atoms with van der Waals surface area (Å²) < 4.78 is 5.45. The summed E-state index contributed by atoms with van der Waals surface area (Å²) in [5.74, 6) is 0.923. The number of urea groups is 1. The number of hydrogen-bond donors (Lipinski definition) is 2. The zero-order chi connectivity index (χ0) is 17.6. The molecule has 6 nitrogen and oxygen atoms in total. The summed E-state index contributed by atoms with van der Waals surface area (Å²) in [5, 5.41) is 5.83. The van der Waals surface area contributed by atoms with Crippen LogP contribution in [-0.2, 0) is 0 Å². The first-order valence-corrected chi connectivity index (χ1v) is 8.55. The van der Waals surface area contributed by atoms with Crippen LogP contribution in [0.1, 0.15) is 20.8 Å². The van der Waals surface area contributed by atoms with Gasteiger partial charge < -0.3 is 20.3 Å². The van der Waals surface area contributed by atoms with Gasteiger partial charge in [-0.2, -0.15) is 0 Å². The molecule has 1 aromatic carbocycles. The van der Waals surface area contributed by atoms with Gasteiger partial charge in [0.2, 0.25) is 0 Å². The molecule has 6 heteroatoms. The number of nitrogens with zero attached hydrogens (tertiary/aromatic N) is 2. The summed E-state index contributed by atoms with van der Waals surface area (Å²) in [4.78, 5) is 16.5. The van der Waals surface area contributed by atoms with E-state index in [0.29, 0.717) is 6.54 Å². The molecule has 0 aliphatic carbocycles. The Bertz CT molecular complexity index is 534. The number of para-hydroxylation sites is 2. The highest BCUT2D eigenvalue weighted by Gasteiger charge is 2.19. The van der Waals surface area contributed by atoms with E-state index in [1.165, 1.54) is 0 Å². The predicted molar refractivity (Wildman–Crippen MR) is 97.9 cm³/mol. The number of rotatable bonds is 5. The Hall–Kier alpha value is -1.95. The number of piperazine rings is 1. The van der Waals surface area contributed by atoms with Crippen LogP contribution in [0.2, 0.25) is 0 Å². The fourth-order valence-electron chi connectivity index (χ4n) is 2.82. The quantitative estimate of drug-likeness (QED) is 0.864. The number of carbonyl (C=O) groups is 1. The molecule has 0 atom stereocenters. The average molecular weight is 334 g/mol. The summed E-state index contributed by atoms with van der Waals surface area (Å²) in [6.07, 6.45) is 0. The van der Waals surface area contributed by atoms with Crippen molar-refractivity contribution < 1.29 is 9.53 Å². The van der Waals surface area contributed by atoms with E-state index in [0.717, 1.165) is 44.2 Å². The minimum Gasteiger partial charge on any atom is -0.495 e. The van der Waals surface area contributed by atoms with Crippen molar-refractivity contribution >= 4 is 11.7 Å². The Morgan fingerprint density at radius 1 is 1.17 bits per heavy atom. The number of ether oxygens (including phenoxy) is 1. The molecule has 0 spiro atoms. The molecule has 1 saturated heterocycles. The normalized spacial score (nSPS) is 15.9. The molecule has 0 aromatic heterocycles. The number of benzene rings is 1. The van der Waals surface area contributed by atoms with Crippen molar-refractivity contribution in [3.63, 3.8) is 0 Å². The van der Waals surface area contributed by atoms with Crippen LogP contribution in [0.4, 0.5) is 10.5 Å². The van der Waals surface area contributed by atoms with E-state index in [-0.39, 0.29) is 11.6 Å². The third kappa shape index (κ3) is 5.60. The van der Waals surface area contributed by atoms with E-state index in [9.17, 15) is 4.79 Å². The van der Waals surface area contributed by atoms with Crippen LogP contribution >= 0.6 is 0 Å². The van der Waals surface area contributed by atoms with E-state index < -0.39 is 0 Å². The molecule has 0 saturated carbocycles. The maximum absolute atomic E-state index is 11.7. The third-order valence-corrected chi connectivity index (χ3v) is 4.00. The zero-order valence-corrected chi connectivity index (χ0v) is 15.3. The Balaban J connectivity index is 1.72. The van der Waals surface area contributed by atoms with Crippen molar-refractivity contribution in [3.8, 4) is 5.75 Å². The van der Waals surface area contributed by atoms with Crippen LogP contribution < -0.4 is 20.3 Å². The fraction of sp³-hybridized carbons (Fsp3) is 0.611. The van der Waals surface area contributed by atoms with Gasteiger partial charge in [-0.25, -0.2) is 4.79 Å². The summed E-state index contributed by atoms with van der Waals surface area (Å²) >= 11 is 0. The Morgan fingerprint density at radius 2 is 1.83 bits per heavy atom. The largest absolute Gasteiger partial charge is 0.495 e. The Kier molecular flexibility index (Phi) is 6.31. The maximum Gasteiger partial charge on any atom is 0.315 e. The Labute approximate surface area is 145 Å². The molecule has 2 amide bonds. The number of amides is 2. The number of anilines is 1. The van der Waals surface area contributed by atoms with Crippen molar-refractivity contribution in [2.75, 3.05) is 51.3 Å². The molecule has 24 heavy (non-hydrogen) atoms. The lowest BCUT2D eigenvalue weighted by atomic mass is 10.1. The van der Waals surface area contributed by atoms with Gasteiger partial charge >= 0.3 is 6.03 Å². The number of carbonyl (C=O) groups excluding carboxylic acids is 1. The van der Waals surface area contributed by atoms with Gasteiger partial charge in [0, 0.05) is 44.8 Å². The highest BCUT2D eigenvalue weighted by molar-refractivity contribution is 5.74. The highest BCUT2D eigenvalue weighted by atomic mass is 16.5. The third-order valence-electron chi connectivity index (χ3n) is 4.00. The van der Waals surface area contributed by atoms with Gasteiger partial charge in [-0.1, -0.05) is 12.1 Å². The van der Waals surface area contributed by atoms with Crippen molar-refractivity contribution in [3.05, 3.63) is 24.3 Å². The fourth-order valence-corrected chi connectivity index (χ4v) is 2.82. The molecule has 2 N–H and O–H groups in total. The van der Waals surface area contributed by atoms with Crippen LogP contribution in [0.3, 0.4) is 0 Å². The van der Waals surface area contributed by atoms with Gasteiger partial charge in [0.15, 0.2) is 0 Å². The number of hydrogen-bond acceptors (Lipinski definition) is 4. The zero-order valence-electron chi connectivity index (χ0n) is 15.3. The van der Waals surface area contributed by atoms with E-state index in [4.69, 9.17) is 4.74 Å². The van der Waals surface area contributed by atoms with Gasteiger partial charge in [0.05, 0.1) is 12.8 Å². The second kappa shape index (κ2) is 8.24. The number of nitrogens with one attached hydrogen (secondary N) is 2. The monoisotopic (exact) mass is 334 g/mol. The summed E-state index contributed by atoms with van der Waals surface area (Å²) in [6.45, 7) is 11.4.